The van der Waals surface area contributed by atoms with Crippen molar-refractivity contribution in [1.82, 2.24) is 19.9 Å². The fourth-order valence-electron chi connectivity index (χ4n) is 1.04. The number of halogens is 7. The second-order valence-corrected chi connectivity index (χ2v) is 4.48. The molecule has 0 bridgehead atoms. The van der Waals surface area contributed by atoms with E-state index < -0.39 is 35.1 Å². The molecule has 2 aromatic rings. The maximum atomic E-state index is 12.0. The highest BCUT2D eigenvalue weighted by atomic mass is 35.5. The molecule has 0 amide bonds. The monoisotopic (exact) mass is 378 g/mol. The van der Waals surface area contributed by atoms with Gasteiger partial charge in [0.1, 0.15) is 34.1 Å². The average Bonchev–Trinajstić information content (AvgIpc) is 2.45. The van der Waals surface area contributed by atoms with Crippen LogP contribution in [0.25, 0.3) is 0 Å². The number of aromatic hydroxyl groups is 1. The van der Waals surface area contributed by atoms with Crippen molar-refractivity contribution in [3.8, 4) is 5.88 Å². The lowest BCUT2D eigenvalue weighted by molar-refractivity contribution is 0.145. The van der Waals surface area contributed by atoms with Gasteiger partial charge in [0.15, 0.2) is 5.15 Å². The van der Waals surface area contributed by atoms with E-state index in [0.29, 0.717) is 0 Å². The molecule has 0 aliphatic heterocycles. The van der Waals surface area contributed by atoms with Crippen molar-refractivity contribution in [3.05, 3.63) is 39.2 Å². The molecule has 0 fully saturated rings. The molecule has 0 aliphatic carbocycles. The molecule has 0 aliphatic rings. The lowest BCUT2D eigenvalue weighted by Crippen LogP contribution is -1.93. The van der Waals surface area contributed by atoms with Crippen molar-refractivity contribution in [2.45, 2.75) is 12.9 Å². The van der Waals surface area contributed by atoms with Crippen LogP contribution in [0.15, 0.2) is 12.7 Å². The highest BCUT2D eigenvalue weighted by molar-refractivity contribution is 6.41. The van der Waals surface area contributed by atoms with Crippen molar-refractivity contribution >= 4 is 34.8 Å². The molecule has 0 radical (unpaired) electrons. The van der Waals surface area contributed by atoms with Crippen LogP contribution in [0.3, 0.4) is 0 Å². The summed E-state index contributed by atoms with van der Waals surface area (Å²) in [6.45, 7) is 0. The summed E-state index contributed by atoms with van der Waals surface area (Å²) in [6, 6.07) is 0. The fourth-order valence-corrected chi connectivity index (χ4v) is 1.54. The number of nitrogens with zero attached hydrogens (tertiary/aromatic N) is 4. The van der Waals surface area contributed by atoms with E-state index in [9.17, 15) is 17.6 Å². The summed E-state index contributed by atoms with van der Waals surface area (Å²) >= 11 is 15.9. The standard InChI is InChI=1S/C5H2Cl2F2N2.C5H3ClF2N2O/c6-2-3(5(8)9)10-1-11-4(2)7;6-2-3(4(7)8)9-1-10-5(2)11/h1,5H;1,4H,(H,9,10,11). The molecule has 1 N–H and O–H groups in total. The number of hydrogen-bond acceptors (Lipinski definition) is 5. The third kappa shape index (κ3) is 4.79. The van der Waals surface area contributed by atoms with E-state index in [1.165, 1.54) is 0 Å². The number of alkyl halides is 4. The van der Waals surface area contributed by atoms with Gasteiger partial charge in [0, 0.05) is 0 Å². The summed E-state index contributed by atoms with van der Waals surface area (Å²) in [5.41, 5.74) is -1.19. The Morgan fingerprint density at radius 2 is 1.23 bits per heavy atom. The summed E-state index contributed by atoms with van der Waals surface area (Å²) in [5, 5.41) is 7.79. The van der Waals surface area contributed by atoms with E-state index in [2.05, 4.69) is 19.9 Å². The molecule has 2 heterocycles. The van der Waals surface area contributed by atoms with Crippen LogP contribution in [0.2, 0.25) is 15.2 Å². The first-order valence-corrected chi connectivity index (χ1v) is 6.30. The van der Waals surface area contributed by atoms with Gasteiger partial charge in [0.05, 0.1) is 0 Å². The normalized spacial score (nSPS) is 10.6. The smallest absolute Gasteiger partial charge is 0.282 e. The van der Waals surface area contributed by atoms with E-state index in [0.717, 1.165) is 12.7 Å². The molecule has 0 spiro atoms. The Morgan fingerprint density at radius 1 is 0.773 bits per heavy atom. The minimum atomic E-state index is -2.80. The Bertz CT molecular complexity index is 592. The molecule has 0 unspecified atom stereocenters. The predicted molar refractivity (Wildman–Crippen MR) is 70.7 cm³/mol. The van der Waals surface area contributed by atoms with Gasteiger partial charge in [0.2, 0.25) is 5.88 Å². The number of rotatable bonds is 2. The Morgan fingerprint density at radius 3 is 1.64 bits per heavy atom. The van der Waals surface area contributed by atoms with Crippen LogP contribution in [0.5, 0.6) is 5.88 Å². The Hall–Kier alpha value is -1.45. The fraction of sp³-hybridized carbons (Fsp3) is 0.200. The van der Waals surface area contributed by atoms with Crippen molar-refractivity contribution < 1.29 is 22.7 Å². The quantitative estimate of drug-likeness (QED) is 0.615. The minimum absolute atomic E-state index is 0.156. The maximum Gasteiger partial charge on any atom is 0.282 e. The largest absolute Gasteiger partial charge is 0.492 e. The third-order valence-corrected chi connectivity index (χ3v) is 3.10. The molecule has 2 aromatic heterocycles. The van der Waals surface area contributed by atoms with E-state index in [1.54, 1.807) is 0 Å². The molecule has 0 saturated carbocycles. The molecule has 120 valence electrons. The van der Waals surface area contributed by atoms with E-state index in [-0.39, 0.29) is 10.2 Å². The van der Waals surface area contributed by atoms with Crippen molar-refractivity contribution in [2.75, 3.05) is 0 Å². The highest BCUT2D eigenvalue weighted by Crippen LogP contribution is 2.29. The molecule has 0 aromatic carbocycles. The minimum Gasteiger partial charge on any atom is -0.492 e. The van der Waals surface area contributed by atoms with E-state index >= 15 is 0 Å². The summed E-state index contributed by atoms with van der Waals surface area (Å²) in [5.74, 6) is -0.628. The summed E-state index contributed by atoms with van der Waals surface area (Å²) < 4.78 is 47.8. The summed E-state index contributed by atoms with van der Waals surface area (Å²) in [4.78, 5) is 13.1. The Labute approximate surface area is 135 Å². The van der Waals surface area contributed by atoms with Gasteiger partial charge in [-0.1, -0.05) is 34.8 Å². The van der Waals surface area contributed by atoms with Gasteiger partial charge in [-0.05, 0) is 0 Å². The zero-order valence-corrected chi connectivity index (χ0v) is 12.5. The molecule has 2 rings (SSSR count). The topological polar surface area (TPSA) is 71.8 Å². The molecular weight excluding hydrogens is 374 g/mol. The first kappa shape index (κ1) is 18.6. The lowest BCUT2D eigenvalue weighted by atomic mass is 10.4. The summed E-state index contributed by atoms with van der Waals surface area (Å²) in [7, 11) is 0. The van der Waals surface area contributed by atoms with Crippen molar-refractivity contribution in [3.63, 3.8) is 0 Å². The van der Waals surface area contributed by atoms with Crippen LogP contribution in [-0.2, 0) is 0 Å². The van der Waals surface area contributed by atoms with Gasteiger partial charge in [-0.25, -0.2) is 37.5 Å². The van der Waals surface area contributed by atoms with Gasteiger partial charge >= 0.3 is 0 Å². The van der Waals surface area contributed by atoms with Gasteiger partial charge < -0.3 is 5.11 Å². The molecular formula is C10H5Cl3F4N4O. The Balaban J connectivity index is 0.000000220. The van der Waals surface area contributed by atoms with E-state index in [1.807, 2.05) is 0 Å². The second-order valence-electron chi connectivity index (χ2n) is 3.36. The first-order valence-electron chi connectivity index (χ1n) is 5.17. The van der Waals surface area contributed by atoms with Gasteiger partial charge in [-0.2, -0.15) is 0 Å². The average molecular weight is 380 g/mol. The van der Waals surface area contributed by atoms with Crippen LogP contribution < -0.4 is 0 Å². The van der Waals surface area contributed by atoms with Gasteiger partial charge in [0.25, 0.3) is 12.9 Å². The van der Waals surface area contributed by atoms with Crippen LogP contribution in [-0.4, -0.2) is 25.0 Å². The van der Waals surface area contributed by atoms with Gasteiger partial charge in [-0.3, -0.25) is 0 Å². The number of aromatic nitrogens is 4. The van der Waals surface area contributed by atoms with Crippen LogP contribution in [0, 0.1) is 0 Å². The predicted octanol–water partition coefficient (Wildman–Crippen LogP) is 4.49. The maximum absolute atomic E-state index is 12.0. The molecule has 22 heavy (non-hydrogen) atoms. The van der Waals surface area contributed by atoms with Crippen LogP contribution >= 0.6 is 34.8 Å². The molecule has 5 nitrogen and oxygen atoms in total. The summed E-state index contributed by atoms with van der Waals surface area (Å²) in [6.07, 6.45) is -3.75. The SMILES string of the molecule is FC(F)c1ncnc(Cl)c1Cl.Oc1ncnc(C(F)F)c1Cl. The molecule has 0 atom stereocenters. The Kier molecular flexibility index (Phi) is 6.98. The third-order valence-electron chi connectivity index (χ3n) is 1.99. The van der Waals surface area contributed by atoms with Crippen molar-refractivity contribution in [1.29, 1.82) is 0 Å². The first-order chi connectivity index (χ1) is 10.3. The lowest BCUT2D eigenvalue weighted by Gasteiger charge is -2.00. The second kappa shape index (κ2) is 8.25. The highest BCUT2D eigenvalue weighted by Gasteiger charge is 2.17. The molecule has 12 heteroatoms. The van der Waals surface area contributed by atoms with E-state index in [4.69, 9.17) is 39.9 Å². The molecule has 0 saturated heterocycles. The van der Waals surface area contributed by atoms with Crippen molar-refractivity contribution in [2.24, 2.45) is 0 Å². The number of hydrogen-bond donors (Lipinski definition) is 1. The van der Waals surface area contributed by atoms with Gasteiger partial charge in [-0.15, -0.1) is 0 Å². The zero-order chi connectivity index (χ0) is 16.9. The van der Waals surface area contributed by atoms with Crippen LogP contribution in [0.1, 0.15) is 24.2 Å². The van der Waals surface area contributed by atoms with Crippen LogP contribution in [0.4, 0.5) is 17.6 Å². The zero-order valence-electron chi connectivity index (χ0n) is 10.2.